The third-order valence-corrected chi connectivity index (χ3v) is 4.72. The van der Waals surface area contributed by atoms with Gasteiger partial charge in [0, 0.05) is 0 Å². The summed E-state index contributed by atoms with van der Waals surface area (Å²) in [5.74, 6) is -0.113. The second kappa shape index (κ2) is 5.53. The lowest BCUT2D eigenvalue weighted by Gasteiger charge is -2.47. The average molecular weight is 213 g/mol. The van der Waals surface area contributed by atoms with Gasteiger partial charge in [0.2, 0.25) is 5.91 Å². The molecule has 0 aromatic carbocycles. The van der Waals surface area contributed by atoms with Gasteiger partial charge in [0.1, 0.15) is 0 Å². The first kappa shape index (κ1) is 14.5. The minimum atomic E-state index is -0.314. The molecule has 0 aliphatic heterocycles. The topological polar surface area (TPSA) is 43.1 Å². The highest BCUT2D eigenvalue weighted by Gasteiger charge is 2.49. The molecule has 0 fully saturated rings. The van der Waals surface area contributed by atoms with E-state index in [0.717, 1.165) is 32.1 Å². The molecule has 0 aromatic heterocycles. The van der Waals surface area contributed by atoms with Crippen LogP contribution in [-0.2, 0) is 4.79 Å². The van der Waals surface area contributed by atoms with E-state index < -0.39 is 0 Å². The predicted octanol–water partition coefficient (Wildman–Crippen LogP) is 3.49. The van der Waals surface area contributed by atoms with Gasteiger partial charge in [-0.2, -0.15) is 0 Å². The van der Waals surface area contributed by atoms with Crippen molar-refractivity contribution in [2.75, 3.05) is 0 Å². The van der Waals surface area contributed by atoms with Crippen molar-refractivity contribution < 1.29 is 4.79 Å². The van der Waals surface area contributed by atoms with E-state index in [2.05, 4.69) is 34.6 Å². The molecule has 0 radical (unpaired) electrons. The molecule has 0 aromatic rings. The molecule has 0 saturated heterocycles. The average Bonchev–Trinajstić information content (AvgIpc) is 2.26. The van der Waals surface area contributed by atoms with Crippen molar-refractivity contribution in [1.82, 2.24) is 0 Å². The summed E-state index contributed by atoms with van der Waals surface area (Å²) in [6.07, 6.45) is 4.81. The third-order valence-electron chi connectivity index (χ3n) is 4.72. The van der Waals surface area contributed by atoms with E-state index in [1.807, 2.05) is 0 Å². The fourth-order valence-electron chi connectivity index (χ4n) is 3.37. The van der Waals surface area contributed by atoms with Crippen LogP contribution in [0.4, 0.5) is 0 Å². The lowest BCUT2D eigenvalue weighted by atomic mass is 9.56. The predicted molar refractivity (Wildman–Crippen MR) is 65.5 cm³/mol. The zero-order chi connectivity index (χ0) is 12.1. The Morgan fingerprint density at radius 2 is 1.20 bits per heavy atom. The first-order valence-electron chi connectivity index (χ1n) is 6.30. The quantitative estimate of drug-likeness (QED) is 0.691. The van der Waals surface area contributed by atoms with Gasteiger partial charge >= 0.3 is 0 Å². The lowest BCUT2D eigenvalue weighted by molar-refractivity contribution is -0.138. The lowest BCUT2D eigenvalue weighted by Crippen LogP contribution is -2.49. The Morgan fingerprint density at radius 3 is 1.27 bits per heavy atom. The van der Waals surface area contributed by atoms with Gasteiger partial charge in [0.25, 0.3) is 0 Å². The van der Waals surface area contributed by atoms with Gasteiger partial charge in [-0.1, -0.05) is 34.6 Å². The standard InChI is InChI=1S/C13H27NO/c1-6-12(7-2,8-3)13(9-4,10-5)11(14)15/h6-10H2,1-5H3,(H2,14,15). The number of primary amides is 1. The van der Waals surface area contributed by atoms with Crippen LogP contribution in [0.25, 0.3) is 0 Å². The Kier molecular flexibility index (Phi) is 5.33. The minimum absolute atomic E-state index is 0.0856. The van der Waals surface area contributed by atoms with Crippen LogP contribution >= 0.6 is 0 Å². The maximum atomic E-state index is 11.8. The van der Waals surface area contributed by atoms with E-state index in [1.54, 1.807) is 0 Å². The number of hydrogen-bond donors (Lipinski definition) is 1. The van der Waals surface area contributed by atoms with Crippen LogP contribution in [0.15, 0.2) is 0 Å². The largest absolute Gasteiger partial charge is 0.369 e. The highest BCUT2D eigenvalue weighted by Crippen LogP contribution is 2.51. The highest BCUT2D eigenvalue weighted by molar-refractivity contribution is 5.81. The monoisotopic (exact) mass is 213 g/mol. The zero-order valence-electron chi connectivity index (χ0n) is 11.0. The molecule has 0 aliphatic rings. The SMILES string of the molecule is CCC(CC)(CC)C(CC)(CC)C(N)=O. The van der Waals surface area contributed by atoms with Gasteiger partial charge in [0.15, 0.2) is 0 Å². The molecule has 0 rings (SSSR count). The van der Waals surface area contributed by atoms with Crippen LogP contribution in [0, 0.1) is 10.8 Å². The van der Waals surface area contributed by atoms with Crippen molar-refractivity contribution in [3.05, 3.63) is 0 Å². The molecular weight excluding hydrogens is 186 g/mol. The number of carbonyl (C=O) groups is 1. The van der Waals surface area contributed by atoms with Gasteiger partial charge in [-0.25, -0.2) is 0 Å². The van der Waals surface area contributed by atoms with Gasteiger partial charge in [-0.05, 0) is 37.5 Å². The molecule has 0 atom stereocenters. The summed E-state index contributed by atoms with van der Waals surface area (Å²) in [6.45, 7) is 10.7. The van der Waals surface area contributed by atoms with Gasteiger partial charge in [-0.3, -0.25) is 4.79 Å². The Labute approximate surface area is 94.6 Å². The van der Waals surface area contributed by atoms with Crippen molar-refractivity contribution in [3.8, 4) is 0 Å². The molecule has 1 amide bonds. The van der Waals surface area contributed by atoms with Gasteiger partial charge in [0.05, 0.1) is 5.41 Å². The number of carbonyl (C=O) groups excluding carboxylic acids is 1. The molecule has 0 aliphatic carbocycles. The second-order valence-electron chi connectivity index (χ2n) is 4.49. The molecule has 0 bridgehead atoms. The molecule has 2 heteroatoms. The first-order valence-corrected chi connectivity index (χ1v) is 6.30. The van der Waals surface area contributed by atoms with Crippen molar-refractivity contribution in [2.24, 2.45) is 16.6 Å². The summed E-state index contributed by atoms with van der Waals surface area (Å²) < 4.78 is 0. The molecule has 2 N–H and O–H groups in total. The molecule has 0 unspecified atom stereocenters. The smallest absolute Gasteiger partial charge is 0.224 e. The maximum Gasteiger partial charge on any atom is 0.224 e. The Morgan fingerprint density at radius 1 is 0.867 bits per heavy atom. The Balaban J connectivity index is 5.44. The minimum Gasteiger partial charge on any atom is -0.369 e. The van der Waals surface area contributed by atoms with Crippen LogP contribution < -0.4 is 5.73 Å². The summed E-state index contributed by atoms with van der Waals surface area (Å²) in [5.41, 5.74) is 5.44. The summed E-state index contributed by atoms with van der Waals surface area (Å²) in [6, 6.07) is 0. The van der Waals surface area contributed by atoms with E-state index in [4.69, 9.17) is 5.73 Å². The van der Waals surface area contributed by atoms with Crippen LogP contribution in [0.2, 0.25) is 0 Å². The summed E-state index contributed by atoms with van der Waals surface area (Å²) in [5, 5.41) is 0. The number of nitrogens with two attached hydrogens (primary N) is 1. The van der Waals surface area contributed by atoms with E-state index in [9.17, 15) is 4.79 Å². The number of hydrogen-bond acceptors (Lipinski definition) is 1. The molecule has 0 saturated carbocycles. The van der Waals surface area contributed by atoms with Crippen molar-refractivity contribution >= 4 is 5.91 Å². The number of amides is 1. The summed E-state index contributed by atoms with van der Waals surface area (Å²) in [4.78, 5) is 11.8. The molecule has 0 spiro atoms. The molecule has 90 valence electrons. The first-order chi connectivity index (χ1) is 7.00. The summed E-state index contributed by atoms with van der Waals surface area (Å²) in [7, 11) is 0. The molecule has 0 heterocycles. The van der Waals surface area contributed by atoms with Crippen molar-refractivity contribution in [3.63, 3.8) is 0 Å². The van der Waals surface area contributed by atoms with Crippen LogP contribution in [0.3, 0.4) is 0 Å². The summed E-state index contributed by atoms with van der Waals surface area (Å²) >= 11 is 0. The molecular formula is C13H27NO. The van der Waals surface area contributed by atoms with E-state index in [-0.39, 0.29) is 16.7 Å². The maximum absolute atomic E-state index is 11.8. The second-order valence-corrected chi connectivity index (χ2v) is 4.49. The highest BCUT2D eigenvalue weighted by atomic mass is 16.1. The fourth-order valence-corrected chi connectivity index (χ4v) is 3.37. The van der Waals surface area contributed by atoms with Crippen LogP contribution in [0.5, 0.6) is 0 Å². The van der Waals surface area contributed by atoms with E-state index in [1.165, 1.54) is 0 Å². The Hall–Kier alpha value is -0.530. The van der Waals surface area contributed by atoms with Crippen LogP contribution in [0.1, 0.15) is 66.7 Å². The van der Waals surface area contributed by atoms with Gasteiger partial charge < -0.3 is 5.73 Å². The fraction of sp³-hybridized carbons (Fsp3) is 0.923. The third kappa shape index (κ3) is 2.04. The van der Waals surface area contributed by atoms with E-state index in [0.29, 0.717) is 0 Å². The van der Waals surface area contributed by atoms with E-state index >= 15 is 0 Å². The Bertz CT molecular complexity index is 194. The molecule has 2 nitrogen and oxygen atoms in total. The normalized spacial score (nSPS) is 12.9. The number of rotatable bonds is 7. The van der Waals surface area contributed by atoms with Gasteiger partial charge in [-0.15, -0.1) is 0 Å². The van der Waals surface area contributed by atoms with Crippen LogP contribution in [-0.4, -0.2) is 5.91 Å². The molecule has 15 heavy (non-hydrogen) atoms. The van der Waals surface area contributed by atoms with Crippen molar-refractivity contribution in [1.29, 1.82) is 0 Å². The van der Waals surface area contributed by atoms with Crippen molar-refractivity contribution in [2.45, 2.75) is 66.7 Å². The zero-order valence-corrected chi connectivity index (χ0v) is 11.0.